The molecule has 2 aliphatic rings. The third-order valence-electron chi connectivity index (χ3n) is 7.57. The first-order chi connectivity index (χ1) is 15.4. The molecule has 1 aromatic carbocycles. The molecule has 1 aromatic rings. The number of methoxy groups -OCH3 is 2. The summed E-state index contributed by atoms with van der Waals surface area (Å²) in [4.78, 5) is 13.4. The van der Waals surface area contributed by atoms with Crippen molar-refractivity contribution < 1.29 is 24.5 Å². The van der Waals surface area contributed by atoms with Crippen molar-refractivity contribution in [3.8, 4) is 0 Å². The number of hydrogen-bond donors (Lipinski definition) is 2. The Morgan fingerprint density at radius 3 is 2.44 bits per heavy atom. The fourth-order valence-corrected chi connectivity index (χ4v) is 5.15. The average molecular weight is 446 g/mol. The average Bonchev–Trinajstić information content (AvgIpc) is 3.55. The number of carboxylic acids is 1. The van der Waals surface area contributed by atoms with E-state index >= 15 is 0 Å². The van der Waals surface area contributed by atoms with Gasteiger partial charge in [0.25, 0.3) is 0 Å². The number of nitrogens with zero attached hydrogens (tertiary/aromatic N) is 1. The van der Waals surface area contributed by atoms with Crippen molar-refractivity contribution in [2.24, 2.45) is 5.92 Å². The lowest BCUT2D eigenvalue weighted by Crippen LogP contribution is -2.48. The number of likely N-dealkylation sites (tertiary alicyclic amines) is 1. The second-order valence-corrected chi connectivity index (χ2v) is 9.37. The van der Waals surface area contributed by atoms with E-state index in [9.17, 15) is 9.90 Å². The van der Waals surface area contributed by atoms with Crippen molar-refractivity contribution in [1.82, 2.24) is 4.90 Å². The minimum atomic E-state index is -0.749. The van der Waals surface area contributed by atoms with Crippen LogP contribution in [0.25, 0.3) is 0 Å². The van der Waals surface area contributed by atoms with Crippen LogP contribution in [-0.2, 0) is 19.7 Å². The van der Waals surface area contributed by atoms with Crippen LogP contribution in [0.4, 0.5) is 0 Å². The Balaban J connectivity index is 1.58. The summed E-state index contributed by atoms with van der Waals surface area (Å²) in [5.74, 6) is -1.73. The van der Waals surface area contributed by atoms with Crippen LogP contribution < -0.4 is 0 Å². The van der Waals surface area contributed by atoms with E-state index in [1.807, 2.05) is 18.2 Å². The summed E-state index contributed by atoms with van der Waals surface area (Å²) in [5.41, 5.74) is 1.16. The first-order valence-electron chi connectivity index (χ1n) is 11.8. The fourth-order valence-electron chi connectivity index (χ4n) is 5.15. The second kappa shape index (κ2) is 10.9. The number of rotatable bonds is 13. The number of aliphatic hydroxyl groups excluding tert-OH is 1. The van der Waals surface area contributed by atoms with Crippen LogP contribution in [0, 0.1) is 5.92 Å². The number of benzene rings is 1. The molecule has 1 saturated carbocycles. The number of allylic oxidation sites excluding steroid dienone is 1. The molecule has 3 unspecified atom stereocenters. The van der Waals surface area contributed by atoms with Gasteiger partial charge >= 0.3 is 5.97 Å². The third kappa shape index (κ3) is 5.42. The fraction of sp³-hybridized carbons (Fsp3) is 0.654. The van der Waals surface area contributed by atoms with Crippen molar-refractivity contribution in [2.45, 2.75) is 75.2 Å². The number of carbonyl (C=O) groups is 1. The number of hydrogen-bond acceptors (Lipinski definition) is 5. The van der Waals surface area contributed by atoms with E-state index in [1.165, 1.54) is 5.56 Å². The van der Waals surface area contributed by atoms with Crippen LogP contribution in [0.2, 0.25) is 0 Å². The zero-order valence-electron chi connectivity index (χ0n) is 19.7. The van der Waals surface area contributed by atoms with Crippen LogP contribution >= 0.6 is 0 Å². The lowest BCUT2D eigenvalue weighted by Gasteiger charge is -2.36. The van der Waals surface area contributed by atoms with Gasteiger partial charge in [0.15, 0.2) is 5.79 Å². The molecule has 1 saturated heterocycles. The number of aliphatic hydroxyl groups is 1. The molecule has 3 rings (SSSR count). The Kier molecular flexibility index (Phi) is 8.50. The predicted octanol–water partition coefficient (Wildman–Crippen LogP) is 3.98. The van der Waals surface area contributed by atoms with E-state index in [-0.39, 0.29) is 23.5 Å². The van der Waals surface area contributed by atoms with Crippen LogP contribution in [-0.4, -0.2) is 66.3 Å². The Hall–Kier alpha value is -1.73. The van der Waals surface area contributed by atoms with E-state index in [0.717, 1.165) is 51.6 Å². The first-order valence-corrected chi connectivity index (χ1v) is 11.8. The summed E-state index contributed by atoms with van der Waals surface area (Å²) in [7, 11) is 3.39. The zero-order valence-corrected chi connectivity index (χ0v) is 19.7. The molecule has 178 valence electrons. The van der Waals surface area contributed by atoms with Gasteiger partial charge in [-0.3, -0.25) is 9.69 Å². The van der Waals surface area contributed by atoms with E-state index in [0.29, 0.717) is 6.42 Å². The summed E-state index contributed by atoms with van der Waals surface area (Å²) in [6.45, 7) is 3.39. The van der Waals surface area contributed by atoms with Crippen LogP contribution in [0.15, 0.2) is 42.5 Å². The molecule has 1 aliphatic heterocycles. The molecule has 0 radical (unpaired) electrons. The summed E-state index contributed by atoms with van der Waals surface area (Å²) < 4.78 is 11.7. The van der Waals surface area contributed by atoms with Gasteiger partial charge in [0, 0.05) is 39.1 Å². The van der Waals surface area contributed by atoms with Gasteiger partial charge in [-0.05, 0) is 44.1 Å². The highest BCUT2D eigenvalue weighted by Crippen LogP contribution is 2.52. The minimum absolute atomic E-state index is 0.0599. The van der Waals surface area contributed by atoms with Gasteiger partial charge in [-0.2, -0.15) is 0 Å². The molecule has 2 N–H and O–H groups in total. The van der Waals surface area contributed by atoms with Crippen LogP contribution in [0.3, 0.4) is 0 Å². The molecule has 1 aliphatic carbocycles. The molecule has 0 spiro atoms. The number of ether oxygens (including phenoxy) is 2. The normalized spacial score (nSPS) is 23.9. The molecule has 0 amide bonds. The molecule has 2 fully saturated rings. The van der Waals surface area contributed by atoms with Crippen molar-refractivity contribution >= 4 is 5.97 Å². The first kappa shape index (κ1) is 24.9. The van der Waals surface area contributed by atoms with Gasteiger partial charge in [0.05, 0.1) is 18.1 Å². The molecule has 32 heavy (non-hydrogen) atoms. The Bertz CT molecular complexity index is 757. The molecular weight excluding hydrogens is 406 g/mol. The predicted molar refractivity (Wildman–Crippen MR) is 124 cm³/mol. The monoisotopic (exact) mass is 445 g/mol. The van der Waals surface area contributed by atoms with Crippen LogP contribution in [0.1, 0.15) is 57.4 Å². The van der Waals surface area contributed by atoms with E-state index in [2.05, 4.69) is 29.2 Å². The van der Waals surface area contributed by atoms with Gasteiger partial charge in [-0.1, -0.05) is 49.4 Å². The highest BCUT2D eigenvalue weighted by molar-refractivity contribution is 5.69. The standard InChI is InChI=1S/C26H39NO5/c1-20(24(29)30)10-6-4-9-13-22-26(31-2,32-3)17-19-27(22)18-14-23(28)25(15-16-25)21-11-7-5-8-12-21/h4-5,7-9,11-12,20,22-23,28H,6,10,13-19H2,1-3H3,(H,29,30). The molecular formula is C26H39NO5. The van der Waals surface area contributed by atoms with Crippen LogP contribution in [0.5, 0.6) is 0 Å². The van der Waals surface area contributed by atoms with Gasteiger partial charge in [-0.15, -0.1) is 0 Å². The Morgan fingerprint density at radius 2 is 1.84 bits per heavy atom. The maximum absolute atomic E-state index is 11.1. The summed E-state index contributed by atoms with van der Waals surface area (Å²) >= 11 is 0. The molecule has 6 nitrogen and oxygen atoms in total. The Labute approximate surface area is 192 Å². The topological polar surface area (TPSA) is 79.2 Å². The molecule has 0 bridgehead atoms. The largest absolute Gasteiger partial charge is 0.481 e. The van der Waals surface area contributed by atoms with E-state index in [4.69, 9.17) is 14.6 Å². The van der Waals surface area contributed by atoms with Gasteiger partial charge in [0.1, 0.15) is 0 Å². The molecule has 6 heteroatoms. The summed E-state index contributed by atoms with van der Waals surface area (Å²) in [5, 5.41) is 20.1. The molecule has 1 heterocycles. The highest BCUT2D eigenvalue weighted by Gasteiger charge is 2.51. The third-order valence-corrected chi connectivity index (χ3v) is 7.57. The summed E-state index contributed by atoms with van der Waals surface area (Å²) in [6.07, 6.45) is 9.55. The quantitative estimate of drug-likeness (QED) is 0.353. The second-order valence-electron chi connectivity index (χ2n) is 9.37. The molecule has 3 atom stereocenters. The minimum Gasteiger partial charge on any atom is -0.481 e. The lowest BCUT2D eigenvalue weighted by molar-refractivity contribution is -0.218. The van der Waals surface area contributed by atoms with Gasteiger partial charge < -0.3 is 19.7 Å². The van der Waals surface area contributed by atoms with E-state index in [1.54, 1.807) is 21.1 Å². The number of aliphatic carboxylic acids is 1. The van der Waals surface area contributed by atoms with Crippen molar-refractivity contribution in [3.63, 3.8) is 0 Å². The van der Waals surface area contributed by atoms with E-state index < -0.39 is 11.8 Å². The van der Waals surface area contributed by atoms with Crippen molar-refractivity contribution in [2.75, 3.05) is 27.3 Å². The highest BCUT2D eigenvalue weighted by atomic mass is 16.7. The maximum Gasteiger partial charge on any atom is 0.306 e. The molecule has 0 aromatic heterocycles. The summed E-state index contributed by atoms with van der Waals surface area (Å²) in [6, 6.07) is 10.4. The smallest absolute Gasteiger partial charge is 0.306 e. The van der Waals surface area contributed by atoms with Crippen molar-refractivity contribution in [1.29, 1.82) is 0 Å². The maximum atomic E-state index is 11.1. The lowest BCUT2D eigenvalue weighted by atomic mass is 9.88. The number of carboxylic acid groups (broad SMARTS) is 1. The van der Waals surface area contributed by atoms with Gasteiger partial charge in [-0.25, -0.2) is 0 Å². The van der Waals surface area contributed by atoms with Crippen molar-refractivity contribution in [3.05, 3.63) is 48.0 Å². The Morgan fingerprint density at radius 1 is 1.16 bits per heavy atom. The van der Waals surface area contributed by atoms with Gasteiger partial charge in [0.2, 0.25) is 0 Å². The zero-order chi connectivity index (χ0) is 23.2. The SMILES string of the molecule is COC1(OC)CCN(CCC(O)C2(c3ccccc3)CC2)C1CC=CCCC(C)C(=O)O.